The number of carbonyl (C=O) groups excluding carboxylic acids is 1. The summed E-state index contributed by atoms with van der Waals surface area (Å²) in [7, 11) is 0. The zero-order valence-corrected chi connectivity index (χ0v) is 13.9. The van der Waals surface area contributed by atoms with Crippen molar-refractivity contribution in [1.82, 2.24) is 15.0 Å². The van der Waals surface area contributed by atoms with E-state index in [2.05, 4.69) is 10.1 Å². The number of ether oxygens (including phenoxy) is 1. The Labute approximate surface area is 143 Å². The highest BCUT2D eigenvalue weighted by atomic mass is 35.5. The summed E-state index contributed by atoms with van der Waals surface area (Å²) in [4.78, 5) is 19.3. The molecule has 1 aromatic heterocycles. The Balaban J connectivity index is 1.57. The molecule has 2 aromatic rings. The quantitative estimate of drug-likeness (QED) is 0.770. The molecule has 3 rings (SSSR count). The van der Waals surface area contributed by atoms with Crippen LogP contribution in [-0.4, -0.2) is 46.5 Å². The Morgan fingerprint density at radius 2 is 2.30 bits per heavy atom. The van der Waals surface area contributed by atoms with Gasteiger partial charge in [-0.3, -0.25) is 4.79 Å². The Hall–Kier alpha value is -1.57. The molecule has 1 aliphatic heterocycles. The van der Waals surface area contributed by atoms with Gasteiger partial charge in [0.2, 0.25) is 12.3 Å². The highest BCUT2D eigenvalue weighted by Crippen LogP contribution is 2.28. The molecule has 122 valence electrons. The van der Waals surface area contributed by atoms with E-state index < -0.39 is 0 Å². The Bertz CT molecular complexity index is 653. The molecule has 2 heterocycles. The third kappa shape index (κ3) is 4.04. The second-order valence-corrected chi connectivity index (χ2v) is 6.54. The first-order valence-electron chi connectivity index (χ1n) is 7.26. The van der Waals surface area contributed by atoms with Crippen molar-refractivity contribution in [3.05, 3.63) is 41.5 Å². The van der Waals surface area contributed by atoms with Gasteiger partial charge in [0.05, 0.1) is 18.2 Å². The first-order valence-corrected chi connectivity index (χ1v) is 8.63. The number of benzene rings is 1. The average Bonchev–Trinajstić information content (AvgIpc) is 3.11. The van der Waals surface area contributed by atoms with Crippen molar-refractivity contribution in [2.24, 2.45) is 0 Å². The van der Waals surface area contributed by atoms with E-state index in [1.165, 1.54) is 6.39 Å². The summed E-state index contributed by atoms with van der Waals surface area (Å²) in [6.45, 7) is 1.45. The van der Waals surface area contributed by atoms with Crippen LogP contribution in [0.15, 0.2) is 40.1 Å². The predicted octanol–water partition coefficient (Wildman–Crippen LogP) is 2.81. The molecule has 1 aromatic carbocycles. The summed E-state index contributed by atoms with van der Waals surface area (Å²) in [6, 6.07) is 7.35. The second kappa shape index (κ2) is 7.81. The molecule has 0 unspecified atom stereocenters. The van der Waals surface area contributed by atoms with Gasteiger partial charge in [0, 0.05) is 23.6 Å². The first-order chi connectivity index (χ1) is 11.3. The number of aromatic nitrogens is 2. The molecule has 8 heteroatoms. The maximum Gasteiger partial charge on any atom is 0.224 e. The predicted molar refractivity (Wildman–Crippen MR) is 86.4 cm³/mol. The summed E-state index contributed by atoms with van der Waals surface area (Å²) in [5.41, 5.74) is 0. The highest BCUT2D eigenvalue weighted by Gasteiger charge is 2.31. The van der Waals surface area contributed by atoms with Gasteiger partial charge in [-0.05, 0) is 12.1 Å². The summed E-state index contributed by atoms with van der Waals surface area (Å²) in [5, 5.41) is 4.54. The van der Waals surface area contributed by atoms with Crippen LogP contribution in [0, 0.1) is 0 Å². The van der Waals surface area contributed by atoms with Gasteiger partial charge in [0.25, 0.3) is 0 Å². The fraction of sp³-hybridized carbons (Fsp3) is 0.400. The van der Waals surface area contributed by atoms with Gasteiger partial charge in [-0.15, -0.1) is 11.8 Å². The molecule has 0 N–H and O–H groups in total. The number of thioether (sulfide) groups is 1. The topological polar surface area (TPSA) is 68.5 Å². The molecule has 1 saturated heterocycles. The SMILES string of the molecule is O=C(CCSc1ccccc1Cl)N1CCOC[C@@H]1c1ncon1. The van der Waals surface area contributed by atoms with Gasteiger partial charge in [-0.1, -0.05) is 28.9 Å². The molecule has 0 aliphatic carbocycles. The van der Waals surface area contributed by atoms with E-state index in [-0.39, 0.29) is 11.9 Å². The standard InChI is InChI=1S/C15H16ClN3O3S/c16-11-3-1-2-4-13(11)23-8-5-14(20)19-6-7-21-9-12(19)15-17-10-22-18-15/h1-4,10,12H,5-9H2/t12-/m1/s1. The normalized spacial score (nSPS) is 18.1. The molecule has 1 amide bonds. The van der Waals surface area contributed by atoms with Crippen LogP contribution in [0.2, 0.25) is 5.02 Å². The van der Waals surface area contributed by atoms with Gasteiger partial charge in [0.1, 0.15) is 6.04 Å². The van der Waals surface area contributed by atoms with Gasteiger partial charge in [-0.25, -0.2) is 0 Å². The van der Waals surface area contributed by atoms with E-state index in [4.69, 9.17) is 20.9 Å². The lowest BCUT2D eigenvalue weighted by atomic mass is 10.2. The number of rotatable bonds is 5. The highest BCUT2D eigenvalue weighted by molar-refractivity contribution is 7.99. The van der Waals surface area contributed by atoms with Crippen molar-refractivity contribution in [3.63, 3.8) is 0 Å². The van der Waals surface area contributed by atoms with Crippen LogP contribution < -0.4 is 0 Å². The largest absolute Gasteiger partial charge is 0.377 e. The number of amides is 1. The van der Waals surface area contributed by atoms with E-state index in [0.29, 0.717) is 42.8 Å². The minimum atomic E-state index is -0.277. The third-order valence-electron chi connectivity index (χ3n) is 3.54. The Kier molecular flexibility index (Phi) is 5.53. The number of hydrogen-bond donors (Lipinski definition) is 0. The molecule has 23 heavy (non-hydrogen) atoms. The van der Waals surface area contributed by atoms with Crippen LogP contribution in [0.25, 0.3) is 0 Å². The van der Waals surface area contributed by atoms with Crippen LogP contribution in [0.5, 0.6) is 0 Å². The van der Waals surface area contributed by atoms with Crippen molar-refractivity contribution in [3.8, 4) is 0 Å². The van der Waals surface area contributed by atoms with E-state index in [0.717, 1.165) is 4.90 Å². The molecular weight excluding hydrogens is 338 g/mol. The lowest BCUT2D eigenvalue weighted by Crippen LogP contribution is -2.44. The van der Waals surface area contributed by atoms with Crippen LogP contribution >= 0.6 is 23.4 Å². The van der Waals surface area contributed by atoms with Crippen molar-refractivity contribution in [2.45, 2.75) is 17.4 Å². The molecule has 0 bridgehead atoms. The fourth-order valence-corrected chi connectivity index (χ4v) is 3.57. The molecular formula is C15H16ClN3O3S. The molecule has 0 saturated carbocycles. The zero-order valence-electron chi connectivity index (χ0n) is 12.4. The molecule has 0 spiro atoms. The monoisotopic (exact) mass is 353 g/mol. The Morgan fingerprint density at radius 3 is 3.09 bits per heavy atom. The van der Waals surface area contributed by atoms with Gasteiger partial charge in [-0.2, -0.15) is 4.98 Å². The van der Waals surface area contributed by atoms with Crippen LogP contribution in [0.3, 0.4) is 0 Å². The van der Waals surface area contributed by atoms with E-state index >= 15 is 0 Å². The van der Waals surface area contributed by atoms with Crippen LogP contribution in [-0.2, 0) is 9.53 Å². The summed E-state index contributed by atoms with van der Waals surface area (Å²) < 4.78 is 10.2. The van der Waals surface area contributed by atoms with Crippen LogP contribution in [0.4, 0.5) is 0 Å². The van der Waals surface area contributed by atoms with Crippen LogP contribution in [0.1, 0.15) is 18.3 Å². The van der Waals surface area contributed by atoms with E-state index in [1.807, 2.05) is 24.3 Å². The number of nitrogens with zero attached hydrogens (tertiary/aromatic N) is 3. The lowest BCUT2D eigenvalue weighted by Gasteiger charge is -2.33. The molecule has 1 atom stereocenters. The van der Waals surface area contributed by atoms with Gasteiger partial charge >= 0.3 is 0 Å². The maximum absolute atomic E-state index is 12.5. The third-order valence-corrected chi connectivity index (χ3v) is 5.05. The Morgan fingerprint density at radius 1 is 1.43 bits per heavy atom. The minimum Gasteiger partial charge on any atom is -0.377 e. The summed E-state index contributed by atoms with van der Waals surface area (Å²) >= 11 is 7.70. The molecule has 1 fully saturated rings. The first kappa shape index (κ1) is 16.3. The van der Waals surface area contributed by atoms with Crippen molar-refractivity contribution in [1.29, 1.82) is 0 Å². The van der Waals surface area contributed by atoms with Gasteiger partial charge < -0.3 is 14.2 Å². The molecule has 6 nitrogen and oxygen atoms in total. The van der Waals surface area contributed by atoms with Gasteiger partial charge in [0.15, 0.2) is 5.82 Å². The minimum absolute atomic E-state index is 0.0580. The van der Waals surface area contributed by atoms with E-state index in [9.17, 15) is 4.79 Å². The number of halogens is 1. The van der Waals surface area contributed by atoms with E-state index in [1.54, 1.807) is 16.7 Å². The molecule has 0 radical (unpaired) electrons. The smallest absolute Gasteiger partial charge is 0.224 e. The lowest BCUT2D eigenvalue weighted by molar-refractivity contribution is -0.140. The summed E-state index contributed by atoms with van der Waals surface area (Å²) in [6.07, 6.45) is 1.68. The number of hydrogen-bond acceptors (Lipinski definition) is 6. The van der Waals surface area contributed by atoms with Crippen molar-refractivity contribution >= 4 is 29.3 Å². The average molecular weight is 354 g/mol. The zero-order chi connectivity index (χ0) is 16.1. The number of morpholine rings is 1. The summed E-state index contributed by atoms with van der Waals surface area (Å²) in [5.74, 6) is 1.21. The number of carbonyl (C=O) groups is 1. The second-order valence-electron chi connectivity index (χ2n) is 5.00. The van der Waals surface area contributed by atoms with Crippen molar-refractivity contribution in [2.75, 3.05) is 25.5 Å². The fourth-order valence-electron chi connectivity index (χ4n) is 2.40. The van der Waals surface area contributed by atoms with Crippen molar-refractivity contribution < 1.29 is 14.1 Å². The molecule has 1 aliphatic rings. The maximum atomic E-state index is 12.5.